The van der Waals surface area contributed by atoms with Crippen LogP contribution in [-0.4, -0.2) is 37.0 Å². The lowest BCUT2D eigenvalue weighted by Gasteiger charge is -2.29. The highest BCUT2D eigenvalue weighted by Gasteiger charge is 2.21. The molecule has 1 heterocycles. The number of hydrogen-bond donors (Lipinski definition) is 1. The number of rotatable bonds is 4. The molecule has 110 valence electrons. The number of aryl methyl sites for hydroxylation is 2. The number of piperidine rings is 1. The minimum atomic E-state index is 0.184. The van der Waals surface area contributed by atoms with Crippen LogP contribution in [0.2, 0.25) is 0 Å². The molecule has 3 nitrogen and oxygen atoms in total. The van der Waals surface area contributed by atoms with Gasteiger partial charge in [-0.25, -0.2) is 0 Å². The standard InChI is InChI=1S/C17H26N2O/c1-4-19(12-15-7-9-18-10-8-15)17(20)16-6-5-13(2)11-14(16)3/h5-6,11,15,18H,4,7-10,12H2,1-3H3. The van der Waals surface area contributed by atoms with Gasteiger partial charge in [0.2, 0.25) is 0 Å². The normalized spacial score (nSPS) is 16.1. The van der Waals surface area contributed by atoms with Crippen molar-refractivity contribution < 1.29 is 4.79 Å². The van der Waals surface area contributed by atoms with Crippen molar-refractivity contribution in [2.24, 2.45) is 5.92 Å². The summed E-state index contributed by atoms with van der Waals surface area (Å²) in [5, 5.41) is 3.38. The van der Waals surface area contributed by atoms with Crippen LogP contribution in [0.4, 0.5) is 0 Å². The molecule has 0 aromatic heterocycles. The molecule has 0 saturated carbocycles. The molecule has 2 rings (SSSR count). The van der Waals surface area contributed by atoms with Crippen molar-refractivity contribution in [2.45, 2.75) is 33.6 Å². The summed E-state index contributed by atoms with van der Waals surface area (Å²) < 4.78 is 0. The fourth-order valence-corrected chi connectivity index (χ4v) is 2.96. The molecule has 1 aromatic rings. The predicted octanol–water partition coefficient (Wildman–Crippen LogP) is 2.77. The van der Waals surface area contributed by atoms with Gasteiger partial charge in [-0.1, -0.05) is 17.7 Å². The first-order valence-electron chi connectivity index (χ1n) is 7.69. The quantitative estimate of drug-likeness (QED) is 0.915. The average Bonchev–Trinajstić information content (AvgIpc) is 2.45. The van der Waals surface area contributed by atoms with Crippen molar-refractivity contribution in [1.29, 1.82) is 0 Å². The van der Waals surface area contributed by atoms with Crippen LogP contribution in [0.15, 0.2) is 18.2 Å². The van der Waals surface area contributed by atoms with Crippen LogP contribution in [-0.2, 0) is 0 Å². The first kappa shape index (κ1) is 15.0. The van der Waals surface area contributed by atoms with E-state index >= 15 is 0 Å². The van der Waals surface area contributed by atoms with Crippen LogP contribution < -0.4 is 5.32 Å². The van der Waals surface area contributed by atoms with Crippen molar-refractivity contribution in [3.05, 3.63) is 34.9 Å². The highest BCUT2D eigenvalue weighted by atomic mass is 16.2. The summed E-state index contributed by atoms with van der Waals surface area (Å²) in [6.07, 6.45) is 2.35. The van der Waals surface area contributed by atoms with Gasteiger partial charge in [-0.15, -0.1) is 0 Å². The summed E-state index contributed by atoms with van der Waals surface area (Å²) in [6, 6.07) is 6.09. The fraction of sp³-hybridized carbons (Fsp3) is 0.588. The molecular formula is C17H26N2O. The molecule has 1 amide bonds. The highest BCUT2D eigenvalue weighted by Crippen LogP contribution is 2.17. The Kier molecular flexibility index (Phi) is 5.18. The Balaban J connectivity index is 2.07. The second kappa shape index (κ2) is 6.89. The lowest BCUT2D eigenvalue weighted by molar-refractivity contribution is 0.0726. The van der Waals surface area contributed by atoms with Crippen LogP contribution >= 0.6 is 0 Å². The lowest BCUT2D eigenvalue weighted by atomic mass is 9.97. The number of hydrogen-bond acceptors (Lipinski definition) is 2. The van der Waals surface area contributed by atoms with Gasteiger partial charge in [0.15, 0.2) is 0 Å². The largest absolute Gasteiger partial charge is 0.339 e. The summed E-state index contributed by atoms with van der Waals surface area (Å²) in [4.78, 5) is 14.7. The monoisotopic (exact) mass is 274 g/mol. The summed E-state index contributed by atoms with van der Waals surface area (Å²) in [6.45, 7) is 10.0. The molecule has 1 N–H and O–H groups in total. The third-order valence-electron chi connectivity index (χ3n) is 4.22. The second-order valence-electron chi connectivity index (χ2n) is 5.86. The van der Waals surface area contributed by atoms with Gasteiger partial charge in [0.05, 0.1) is 0 Å². The van der Waals surface area contributed by atoms with E-state index in [0.29, 0.717) is 5.92 Å². The SMILES string of the molecule is CCN(CC1CCNCC1)C(=O)c1ccc(C)cc1C. The Morgan fingerprint density at radius 3 is 2.60 bits per heavy atom. The van der Waals surface area contributed by atoms with Gasteiger partial charge in [-0.05, 0) is 64.3 Å². The summed E-state index contributed by atoms with van der Waals surface area (Å²) in [5.74, 6) is 0.828. The Hall–Kier alpha value is -1.35. The molecule has 1 saturated heterocycles. The van der Waals surface area contributed by atoms with E-state index < -0.39 is 0 Å². The molecule has 0 unspecified atom stereocenters. The fourth-order valence-electron chi connectivity index (χ4n) is 2.96. The lowest BCUT2D eigenvalue weighted by Crippen LogP contribution is -2.39. The van der Waals surface area contributed by atoms with Crippen molar-refractivity contribution in [2.75, 3.05) is 26.2 Å². The van der Waals surface area contributed by atoms with Crippen LogP contribution in [0.3, 0.4) is 0 Å². The molecule has 3 heteroatoms. The summed E-state index contributed by atoms with van der Waals surface area (Å²) in [7, 11) is 0. The van der Waals surface area contributed by atoms with E-state index in [1.54, 1.807) is 0 Å². The smallest absolute Gasteiger partial charge is 0.254 e. The van der Waals surface area contributed by atoms with Gasteiger partial charge in [-0.3, -0.25) is 4.79 Å². The number of nitrogens with zero attached hydrogens (tertiary/aromatic N) is 1. The third-order valence-corrected chi connectivity index (χ3v) is 4.22. The van der Waals surface area contributed by atoms with Gasteiger partial charge in [-0.2, -0.15) is 0 Å². The number of amides is 1. The molecule has 1 fully saturated rings. The zero-order valence-corrected chi connectivity index (χ0v) is 12.9. The molecule has 1 aliphatic rings. The van der Waals surface area contributed by atoms with E-state index in [1.807, 2.05) is 24.0 Å². The molecule has 1 aromatic carbocycles. The number of benzene rings is 1. The van der Waals surface area contributed by atoms with E-state index in [1.165, 1.54) is 18.4 Å². The summed E-state index contributed by atoms with van der Waals surface area (Å²) in [5.41, 5.74) is 3.14. The maximum absolute atomic E-state index is 12.7. The van der Waals surface area contributed by atoms with E-state index in [0.717, 1.165) is 37.3 Å². The molecule has 0 radical (unpaired) electrons. The van der Waals surface area contributed by atoms with E-state index in [4.69, 9.17) is 0 Å². The Morgan fingerprint density at radius 2 is 2.00 bits per heavy atom. The van der Waals surface area contributed by atoms with Crippen molar-refractivity contribution in [1.82, 2.24) is 10.2 Å². The molecule has 1 aliphatic heterocycles. The van der Waals surface area contributed by atoms with Gasteiger partial charge in [0.25, 0.3) is 5.91 Å². The molecule has 0 atom stereocenters. The Bertz CT molecular complexity index is 464. The van der Waals surface area contributed by atoms with E-state index in [-0.39, 0.29) is 5.91 Å². The van der Waals surface area contributed by atoms with Crippen LogP contribution in [0, 0.1) is 19.8 Å². The maximum Gasteiger partial charge on any atom is 0.254 e. The molecule has 20 heavy (non-hydrogen) atoms. The Labute approximate surface area is 122 Å². The van der Waals surface area contributed by atoms with Gasteiger partial charge in [0.1, 0.15) is 0 Å². The first-order chi connectivity index (χ1) is 9.61. The zero-order chi connectivity index (χ0) is 14.5. The summed E-state index contributed by atoms with van der Waals surface area (Å²) >= 11 is 0. The molecule has 0 aliphatic carbocycles. The molecule has 0 spiro atoms. The Morgan fingerprint density at radius 1 is 1.30 bits per heavy atom. The molecular weight excluding hydrogens is 248 g/mol. The highest BCUT2D eigenvalue weighted by molar-refractivity contribution is 5.95. The number of nitrogens with one attached hydrogen (secondary N) is 1. The van der Waals surface area contributed by atoms with Crippen LogP contribution in [0.5, 0.6) is 0 Å². The van der Waals surface area contributed by atoms with Gasteiger partial charge < -0.3 is 10.2 Å². The topological polar surface area (TPSA) is 32.3 Å². The number of carbonyl (C=O) groups excluding carboxylic acids is 1. The zero-order valence-electron chi connectivity index (χ0n) is 12.9. The van der Waals surface area contributed by atoms with Crippen LogP contribution in [0.1, 0.15) is 41.3 Å². The average molecular weight is 274 g/mol. The molecule has 0 bridgehead atoms. The minimum Gasteiger partial charge on any atom is -0.339 e. The van der Waals surface area contributed by atoms with Crippen molar-refractivity contribution in [3.63, 3.8) is 0 Å². The second-order valence-corrected chi connectivity index (χ2v) is 5.86. The van der Waals surface area contributed by atoms with Crippen LogP contribution in [0.25, 0.3) is 0 Å². The first-order valence-corrected chi connectivity index (χ1v) is 7.69. The third kappa shape index (κ3) is 3.60. The van der Waals surface area contributed by atoms with Gasteiger partial charge >= 0.3 is 0 Å². The predicted molar refractivity (Wildman–Crippen MR) is 83.1 cm³/mol. The minimum absolute atomic E-state index is 0.184. The van der Waals surface area contributed by atoms with E-state index in [2.05, 4.69) is 25.2 Å². The van der Waals surface area contributed by atoms with Gasteiger partial charge in [0, 0.05) is 18.7 Å². The maximum atomic E-state index is 12.7. The van der Waals surface area contributed by atoms with Crippen molar-refractivity contribution >= 4 is 5.91 Å². The van der Waals surface area contributed by atoms with E-state index in [9.17, 15) is 4.79 Å². The number of carbonyl (C=O) groups is 1. The van der Waals surface area contributed by atoms with Crippen molar-refractivity contribution in [3.8, 4) is 0 Å².